The zero-order chi connectivity index (χ0) is 21.9. The summed E-state index contributed by atoms with van der Waals surface area (Å²) in [6.45, 7) is 9.23. The van der Waals surface area contributed by atoms with E-state index in [4.69, 9.17) is 22.1 Å². The number of nitrogen functional groups attached to an aromatic ring is 1. The SMILES string of the molecule is CC.Cc1nccc(Sc2c(N)nc(N3CCC4(CCOC4)CC3)n(C)c2=O)c1Cl. The van der Waals surface area contributed by atoms with Crippen molar-refractivity contribution >= 4 is 35.1 Å². The minimum Gasteiger partial charge on any atom is -0.382 e. The van der Waals surface area contributed by atoms with Crippen LogP contribution in [0.2, 0.25) is 5.02 Å². The van der Waals surface area contributed by atoms with Crippen molar-refractivity contribution in [3.8, 4) is 0 Å². The molecule has 4 heterocycles. The molecular weight excluding hydrogens is 422 g/mol. The number of ether oxygens (including phenoxy) is 1. The van der Waals surface area contributed by atoms with E-state index in [2.05, 4.69) is 14.9 Å². The molecule has 2 aromatic rings. The van der Waals surface area contributed by atoms with Crippen molar-refractivity contribution in [3.63, 3.8) is 0 Å². The summed E-state index contributed by atoms with van der Waals surface area (Å²) in [6.07, 6.45) is 4.88. The van der Waals surface area contributed by atoms with Crippen molar-refractivity contribution in [2.24, 2.45) is 12.5 Å². The molecule has 1 spiro atoms. The summed E-state index contributed by atoms with van der Waals surface area (Å²) in [5.74, 6) is 0.857. The van der Waals surface area contributed by atoms with Crippen LogP contribution >= 0.6 is 23.4 Å². The first kappa shape index (κ1) is 22.9. The predicted molar refractivity (Wildman–Crippen MR) is 123 cm³/mol. The molecule has 2 aliphatic heterocycles. The molecule has 0 radical (unpaired) electrons. The third kappa shape index (κ3) is 4.45. The largest absolute Gasteiger partial charge is 0.382 e. The Labute approximate surface area is 187 Å². The number of aryl methyl sites for hydroxylation is 1. The van der Waals surface area contributed by atoms with Gasteiger partial charge in [0.25, 0.3) is 5.56 Å². The van der Waals surface area contributed by atoms with Crippen molar-refractivity contribution in [1.29, 1.82) is 0 Å². The third-order valence-corrected chi connectivity index (χ3v) is 7.52. The second kappa shape index (κ2) is 9.58. The number of aromatic nitrogens is 3. The van der Waals surface area contributed by atoms with Gasteiger partial charge in [0.1, 0.15) is 10.7 Å². The Morgan fingerprint density at radius 3 is 2.60 bits per heavy atom. The highest BCUT2D eigenvalue weighted by Gasteiger charge is 2.38. The van der Waals surface area contributed by atoms with E-state index in [0.717, 1.165) is 50.5 Å². The molecule has 2 fully saturated rings. The molecule has 0 atom stereocenters. The molecule has 7 nitrogen and oxygen atoms in total. The van der Waals surface area contributed by atoms with E-state index in [1.807, 2.05) is 20.8 Å². The maximum Gasteiger partial charge on any atom is 0.270 e. The predicted octanol–water partition coefficient (Wildman–Crippen LogP) is 3.90. The van der Waals surface area contributed by atoms with Gasteiger partial charge in [-0.25, -0.2) is 0 Å². The van der Waals surface area contributed by atoms with Gasteiger partial charge in [0.2, 0.25) is 5.95 Å². The van der Waals surface area contributed by atoms with E-state index in [-0.39, 0.29) is 11.4 Å². The van der Waals surface area contributed by atoms with E-state index in [9.17, 15) is 4.79 Å². The normalized spacial score (nSPS) is 17.7. The number of anilines is 2. The van der Waals surface area contributed by atoms with Crippen LogP contribution in [0.4, 0.5) is 11.8 Å². The topological polar surface area (TPSA) is 86.3 Å². The van der Waals surface area contributed by atoms with Crippen LogP contribution in [0, 0.1) is 12.3 Å². The van der Waals surface area contributed by atoms with E-state index in [1.54, 1.807) is 23.9 Å². The van der Waals surface area contributed by atoms with Gasteiger partial charge in [-0.15, -0.1) is 0 Å². The fraction of sp³-hybridized carbons (Fsp3) is 0.571. The molecule has 0 aromatic carbocycles. The molecule has 0 amide bonds. The Morgan fingerprint density at radius 2 is 1.97 bits per heavy atom. The molecule has 9 heteroatoms. The lowest BCUT2D eigenvalue weighted by atomic mass is 9.78. The average molecular weight is 452 g/mol. The first-order chi connectivity index (χ1) is 14.4. The lowest BCUT2D eigenvalue weighted by molar-refractivity contribution is 0.133. The number of rotatable bonds is 3. The molecule has 0 unspecified atom stereocenters. The lowest BCUT2D eigenvalue weighted by Gasteiger charge is -2.39. The molecule has 0 saturated carbocycles. The molecule has 2 aromatic heterocycles. The maximum atomic E-state index is 13.0. The highest BCUT2D eigenvalue weighted by atomic mass is 35.5. The van der Waals surface area contributed by atoms with Crippen LogP contribution in [0.1, 0.15) is 38.8 Å². The van der Waals surface area contributed by atoms with E-state index < -0.39 is 0 Å². The zero-order valence-corrected chi connectivity index (χ0v) is 19.6. The van der Waals surface area contributed by atoms with Gasteiger partial charge in [0.05, 0.1) is 17.3 Å². The van der Waals surface area contributed by atoms with Gasteiger partial charge in [-0.05, 0) is 37.7 Å². The van der Waals surface area contributed by atoms with Crippen LogP contribution in [0.5, 0.6) is 0 Å². The van der Waals surface area contributed by atoms with Gasteiger partial charge in [-0.1, -0.05) is 37.2 Å². The molecule has 0 bridgehead atoms. The van der Waals surface area contributed by atoms with Crippen LogP contribution in [0.15, 0.2) is 26.8 Å². The Hall–Kier alpha value is -1.77. The highest BCUT2D eigenvalue weighted by molar-refractivity contribution is 7.99. The van der Waals surface area contributed by atoms with Crippen LogP contribution in [-0.2, 0) is 11.8 Å². The van der Waals surface area contributed by atoms with Gasteiger partial charge in [-0.3, -0.25) is 14.3 Å². The third-order valence-electron chi connectivity index (χ3n) is 5.78. The number of pyridine rings is 1. The Morgan fingerprint density at radius 1 is 1.27 bits per heavy atom. The van der Waals surface area contributed by atoms with Crippen LogP contribution in [0.3, 0.4) is 0 Å². The van der Waals surface area contributed by atoms with Gasteiger partial charge in [0.15, 0.2) is 0 Å². The Balaban J connectivity index is 0.00000124. The van der Waals surface area contributed by atoms with Crippen LogP contribution < -0.4 is 16.2 Å². The number of piperidine rings is 1. The summed E-state index contributed by atoms with van der Waals surface area (Å²) in [4.78, 5) is 25.0. The van der Waals surface area contributed by atoms with Crippen molar-refractivity contribution in [2.75, 3.05) is 36.9 Å². The molecule has 2 N–H and O–H groups in total. The molecule has 4 rings (SSSR count). The molecule has 2 saturated heterocycles. The van der Waals surface area contributed by atoms with Gasteiger partial charge in [-0.2, -0.15) is 4.98 Å². The van der Waals surface area contributed by atoms with Gasteiger partial charge in [0, 0.05) is 37.8 Å². The zero-order valence-electron chi connectivity index (χ0n) is 18.1. The summed E-state index contributed by atoms with van der Waals surface area (Å²) in [5.41, 5.74) is 7.05. The van der Waals surface area contributed by atoms with E-state index in [1.165, 1.54) is 11.8 Å². The molecule has 2 aliphatic rings. The minimum absolute atomic E-state index is 0.164. The fourth-order valence-electron chi connectivity index (χ4n) is 3.90. The quantitative estimate of drug-likeness (QED) is 0.757. The monoisotopic (exact) mass is 451 g/mol. The summed E-state index contributed by atoms with van der Waals surface area (Å²) >= 11 is 7.57. The van der Waals surface area contributed by atoms with Gasteiger partial charge < -0.3 is 15.4 Å². The number of nitrogens with two attached hydrogens (primary N) is 1. The Bertz CT molecular complexity index is 949. The fourth-order valence-corrected chi connectivity index (χ4v) is 5.09. The number of nitrogens with zero attached hydrogens (tertiary/aromatic N) is 4. The maximum absolute atomic E-state index is 13.0. The van der Waals surface area contributed by atoms with Gasteiger partial charge >= 0.3 is 0 Å². The summed E-state index contributed by atoms with van der Waals surface area (Å²) in [5, 5.41) is 0.526. The summed E-state index contributed by atoms with van der Waals surface area (Å²) in [6, 6.07) is 1.78. The molecule has 164 valence electrons. The lowest BCUT2D eigenvalue weighted by Crippen LogP contribution is -2.43. The second-order valence-corrected chi connectivity index (χ2v) is 9.02. The van der Waals surface area contributed by atoms with E-state index in [0.29, 0.717) is 27.0 Å². The van der Waals surface area contributed by atoms with Crippen molar-refractivity contribution < 1.29 is 4.74 Å². The second-order valence-electron chi connectivity index (χ2n) is 7.59. The average Bonchev–Trinajstić information content (AvgIpc) is 3.21. The Kier molecular flexibility index (Phi) is 7.31. The first-order valence-electron chi connectivity index (χ1n) is 10.4. The minimum atomic E-state index is -0.164. The van der Waals surface area contributed by atoms with Crippen molar-refractivity contribution in [3.05, 3.63) is 33.3 Å². The standard InChI is InChI=1S/C19H24ClN5O2S.C2H6/c1-12-14(20)13(3-7-22-12)28-15-16(21)23-18(24(2)17(15)26)25-8-4-19(5-9-25)6-10-27-11-19;1-2/h3,7H,4-6,8-11,21H2,1-2H3;1-2H3. The van der Waals surface area contributed by atoms with Crippen molar-refractivity contribution in [2.45, 2.75) is 49.8 Å². The molecule has 30 heavy (non-hydrogen) atoms. The number of halogens is 1. The molecular formula is C21H30ClN5O2S. The smallest absolute Gasteiger partial charge is 0.270 e. The first-order valence-corrected chi connectivity index (χ1v) is 11.6. The number of hydrogen-bond donors (Lipinski definition) is 1. The highest BCUT2D eigenvalue weighted by Crippen LogP contribution is 2.40. The summed E-state index contributed by atoms with van der Waals surface area (Å²) in [7, 11) is 1.75. The van der Waals surface area contributed by atoms with Crippen molar-refractivity contribution in [1.82, 2.24) is 14.5 Å². The summed E-state index contributed by atoms with van der Waals surface area (Å²) < 4.78 is 7.19. The van der Waals surface area contributed by atoms with Crippen LogP contribution in [-0.4, -0.2) is 40.8 Å². The molecule has 0 aliphatic carbocycles. The van der Waals surface area contributed by atoms with Crippen LogP contribution in [0.25, 0.3) is 0 Å². The van der Waals surface area contributed by atoms with E-state index >= 15 is 0 Å². The number of hydrogen-bond acceptors (Lipinski definition) is 7.